The maximum absolute atomic E-state index is 12.0. The van der Waals surface area contributed by atoms with E-state index in [9.17, 15) is 9.59 Å². The molecule has 0 amide bonds. The summed E-state index contributed by atoms with van der Waals surface area (Å²) in [4.78, 5) is 24.0. The lowest BCUT2D eigenvalue weighted by atomic mass is 10.0. The molecule has 0 spiro atoms. The van der Waals surface area contributed by atoms with Crippen LogP contribution < -0.4 is 19.8 Å². The summed E-state index contributed by atoms with van der Waals surface area (Å²) in [5.41, 5.74) is 0. The van der Waals surface area contributed by atoms with Crippen molar-refractivity contribution >= 4 is 40.5 Å². The number of hydrogen-bond donors (Lipinski definition) is 2. The average Bonchev–Trinajstić information content (AvgIpc) is 3.36. The van der Waals surface area contributed by atoms with E-state index in [0.717, 1.165) is 45.9 Å². The van der Waals surface area contributed by atoms with Crippen LogP contribution in [0.5, 0.6) is 11.5 Å². The van der Waals surface area contributed by atoms with E-state index in [1.165, 1.54) is 244 Å². The van der Waals surface area contributed by atoms with Crippen LogP contribution >= 0.6 is 0 Å². The van der Waals surface area contributed by atoms with E-state index in [2.05, 4.69) is 13.8 Å². The van der Waals surface area contributed by atoms with E-state index in [1.54, 1.807) is 0 Å². The normalized spacial score (nSPS) is 11.9. The minimum absolute atomic E-state index is 0.605. The Hall–Kier alpha value is -2.86. The van der Waals surface area contributed by atoms with E-state index >= 15 is 0 Å². The molecule has 0 unspecified atom stereocenters. The lowest BCUT2D eigenvalue weighted by molar-refractivity contribution is 0.304. The second kappa shape index (κ2) is 38.8. The van der Waals surface area contributed by atoms with Gasteiger partial charge in [0, 0.05) is 10.4 Å². The minimum Gasteiger partial charge on any atom is -0.494 e. The lowest BCUT2D eigenvalue weighted by Gasteiger charge is -2.22. The number of benzene rings is 4. The van der Waals surface area contributed by atoms with Crippen molar-refractivity contribution in [1.29, 1.82) is 0 Å². The van der Waals surface area contributed by atoms with Crippen LogP contribution in [0.15, 0.2) is 72.8 Å². The van der Waals surface area contributed by atoms with Gasteiger partial charge in [-0.1, -0.05) is 306 Å². The van der Waals surface area contributed by atoms with Gasteiger partial charge < -0.3 is 19.1 Å². The highest BCUT2D eigenvalue weighted by Crippen LogP contribution is 2.25. The van der Waals surface area contributed by atoms with Crippen LogP contribution in [-0.2, 0) is 0 Å². The van der Waals surface area contributed by atoms with Crippen LogP contribution in [-0.4, -0.2) is 31.4 Å². The van der Waals surface area contributed by atoms with Gasteiger partial charge in [0.15, 0.2) is 0 Å². The van der Waals surface area contributed by atoms with Crippen molar-refractivity contribution in [2.24, 2.45) is 0 Å². The summed E-state index contributed by atoms with van der Waals surface area (Å²) >= 11 is 0. The summed E-state index contributed by atoms with van der Waals surface area (Å²) < 4.78 is 12.4. The molecular weight excluding hydrogens is 861 g/mol. The maximum Gasteiger partial charge on any atom is 0.402 e. The van der Waals surface area contributed by atoms with E-state index in [4.69, 9.17) is 9.47 Å². The molecule has 69 heavy (non-hydrogen) atoms. The van der Waals surface area contributed by atoms with E-state index < -0.39 is 8.56 Å². The second-order valence-electron chi connectivity index (χ2n) is 21.2. The molecule has 5 heteroatoms. The maximum atomic E-state index is 12.0. The molecule has 0 saturated carbocycles. The largest absolute Gasteiger partial charge is 0.494 e. The smallest absolute Gasteiger partial charge is 0.402 e. The van der Waals surface area contributed by atoms with Crippen LogP contribution in [0, 0.1) is 0 Å². The molecular formula is C64H104O4Si. The Morgan fingerprint density at radius 2 is 0.551 bits per heavy atom. The Bertz CT molecular complexity index is 1710. The molecule has 0 radical (unpaired) electrons. The quantitative estimate of drug-likeness (QED) is 0.0342. The number of unbranched alkanes of at least 4 members (excludes halogenated alkanes) is 38. The summed E-state index contributed by atoms with van der Waals surface area (Å²) in [5, 5.41) is 4.88. The lowest BCUT2D eigenvalue weighted by Crippen LogP contribution is -2.59. The van der Waals surface area contributed by atoms with Crippen molar-refractivity contribution in [2.45, 2.75) is 271 Å². The molecule has 4 aromatic carbocycles. The summed E-state index contributed by atoms with van der Waals surface area (Å²) in [7, 11) is -4.04. The minimum atomic E-state index is -4.04. The van der Waals surface area contributed by atoms with Crippen LogP contribution in [0.25, 0.3) is 21.5 Å². The molecule has 4 nitrogen and oxygen atoms in total. The Balaban J connectivity index is 1.04. The first-order valence-corrected chi connectivity index (χ1v) is 31.7. The average molecular weight is 966 g/mol. The third-order valence-corrected chi connectivity index (χ3v) is 17.4. The van der Waals surface area contributed by atoms with Crippen molar-refractivity contribution in [2.75, 3.05) is 13.2 Å². The molecule has 0 aliphatic heterocycles. The fourth-order valence-electron chi connectivity index (χ4n) is 10.6. The Labute approximate surface area is 425 Å². The standard InChI is InChI=1S/C64H104O4Si/c1-3-5-7-9-11-13-15-17-19-21-23-25-27-29-31-33-35-37-39-41-53-67-59-49-51-61-57(55-59)45-43-47-63(61)69(65,66)64-48-44-46-58-56-60(50-52-62(58)64)68-54-42-40-38-36-34-32-30-28-26-24-22-20-18-16-14-12-10-8-6-4-2/h43-52,55-56,65-66H,3-42,53-54H2,1-2H3. The first-order chi connectivity index (χ1) is 34.0. The number of hydrogen-bond acceptors (Lipinski definition) is 4. The van der Waals surface area contributed by atoms with E-state index in [0.29, 0.717) is 23.6 Å². The molecule has 0 aromatic heterocycles. The number of ether oxygens (including phenoxy) is 2. The Morgan fingerprint density at radius 3 is 0.812 bits per heavy atom. The third-order valence-electron chi connectivity index (χ3n) is 15.0. The highest BCUT2D eigenvalue weighted by Gasteiger charge is 2.37. The monoisotopic (exact) mass is 965 g/mol. The van der Waals surface area contributed by atoms with Gasteiger partial charge in [0.2, 0.25) is 0 Å². The van der Waals surface area contributed by atoms with Gasteiger partial charge in [0.25, 0.3) is 0 Å². The molecule has 4 aromatic rings. The first kappa shape index (κ1) is 58.7. The zero-order chi connectivity index (χ0) is 48.7. The van der Waals surface area contributed by atoms with Crippen LogP contribution in [0.2, 0.25) is 0 Å². The second-order valence-corrected chi connectivity index (χ2v) is 23.6. The van der Waals surface area contributed by atoms with Gasteiger partial charge in [-0.05, 0) is 58.7 Å². The molecule has 2 N–H and O–H groups in total. The molecule has 0 fully saturated rings. The first-order valence-electron chi connectivity index (χ1n) is 29.8. The van der Waals surface area contributed by atoms with Crippen LogP contribution in [0.4, 0.5) is 0 Å². The molecule has 0 aliphatic rings. The van der Waals surface area contributed by atoms with Crippen molar-refractivity contribution in [3.05, 3.63) is 72.8 Å². The topological polar surface area (TPSA) is 58.9 Å². The van der Waals surface area contributed by atoms with Crippen molar-refractivity contribution in [1.82, 2.24) is 0 Å². The third kappa shape index (κ3) is 25.4. The zero-order valence-corrected chi connectivity index (χ0v) is 45.8. The van der Waals surface area contributed by atoms with Crippen molar-refractivity contribution in [3.8, 4) is 11.5 Å². The number of fused-ring (bicyclic) bond motifs is 2. The van der Waals surface area contributed by atoms with E-state index in [1.807, 2.05) is 72.8 Å². The van der Waals surface area contributed by atoms with Gasteiger partial charge in [-0.15, -0.1) is 0 Å². The SMILES string of the molecule is CCCCCCCCCCCCCCCCCCCCCCOc1ccc2c([Si](O)(O)c3cccc4cc(OCCCCCCCCCCCCCCCCCCCCCC)ccc34)cccc2c1. The van der Waals surface area contributed by atoms with Gasteiger partial charge in [-0.25, -0.2) is 0 Å². The van der Waals surface area contributed by atoms with Gasteiger partial charge in [-0.2, -0.15) is 0 Å². The fraction of sp³-hybridized carbons (Fsp3) is 0.688. The predicted octanol–water partition coefficient (Wildman–Crippen LogP) is 18.9. The Morgan fingerprint density at radius 1 is 0.304 bits per heavy atom. The molecule has 0 bridgehead atoms. The van der Waals surface area contributed by atoms with Gasteiger partial charge in [0.1, 0.15) is 11.5 Å². The summed E-state index contributed by atoms with van der Waals surface area (Å²) in [6, 6.07) is 23.8. The molecule has 0 heterocycles. The van der Waals surface area contributed by atoms with Crippen LogP contribution in [0.1, 0.15) is 271 Å². The Kier molecular flexibility index (Phi) is 33.0. The predicted molar refractivity (Wildman–Crippen MR) is 304 cm³/mol. The fourth-order valence-corrected chi connectivity index (χ4v) is 12.7. The molecule has 4 rings (SSSR count). The molecule has 0 saturated heterocycles. The molecule has 0 atom stereocenters. The number of rotatable bonds is 46. The summed E-state index contributed by atoms with van der Waals surface area (Å²) in [5.74, 6) is 1.68. The molecule has 0 aliphatic carbocycles. The van der Waals surface area contributed by atoms with Gasteiger partial charge >= 0.3 is 8.56 Å². The van der Waals surface area contributed by atoms with Crippen LogP contribution in [0.3, 0.4) is 0 Å². The van der Waals surface area contributed by atoms with E-state index in [-0.39, 0.29) is 0 Å². The van der Waals surface area contributed by atoms with Gasteiger partial charge in [0.05, 0.1) is 13.2 Å². The molecule has 388 valence electrons. The van der Waals surface area contributed by atoms with Crippen molar-refractivity contribution in [3.63, 3.8) is 0 Å². The highest BCUT2D eigenvalue weighted by molar-refractivity contribution is 6.93. The summed E-state index contributed by atoms with van der Waals surface area (Å²) in [6.07, 6.45) is 55.3. The zero-order valence-electron chi connectivity index (χ0n) is 44.8. The summed E-state index contributed by atoms with van der Waals surface area (Å²) in [6.45, 7) is 6.02. The van der Waals surface area contributed by atoms with Crippen molar-refractivity contribution < 1.29 is 19.1 Å². The van der Waals surface area contributed by atoms with Gasteiger partial charge in [-0.3, -0.25) is 0 Å². The highest BCUT2D eigenvalue weighted by atomic mass is 28.4.